The summed E-state index contributed by atoms with van der Waals surface area (Å²) in [5, 5.41) is 15.7. The summed E-state index contributed by atoms with van der Waals surface area (Å²) < 4.78 is 34.6. The van der Waals surface area contributed by atoms with Crippen LogP contribution in [0.4, 0.5) is 23.0 Å². The standard InChI is InChI=1S/C27H21ClN6O5S/c1-39-19-13-17(12-18(35)15-19)30-25-26(33-23-10-3-2-9-22(23)32-25)34-40(37,38)20-7-4-6-16(14-20)31-27(36)21-8-5-11-29-24(21)28/h2-15,35H,1H3,(H,30,32)(H,31,36)(H,33,34). The maximum Gasteiger partial charge on any atom is 0.263 e. The molecule has 0 unspecified atom stereocenters. The Balaban J connectivity index is 1.47. The predicted octanol–water partition coefficient (Wildman–Crippen LogP) is 5.19. The highest BCUT2D eigenvalue weighted by Crippen LogP contribution is 2.31. The number of methoxy groups -OCH3 is 1. The highest BCUT2D eigenvalue weighted by atomic mass is 35.5. The minimum Gasteiger partial charge on any atom is -0.508 e. The van der Waals surface area contributed by atoms with Gasteiger partial charge in [0.05, 0.1) is 28.6 Å². The van der Waals surface area contributed by atoms with E-state index in [-0.39, 0.29) is 38.7 Å². The topological polar surface area (TPSA) is 155 Å². The molecule has 202 valence electrons. The Labute approximate surface area is 233 Å². The van der Waals surface area contributed by atoms with E-state index >= 15 is 0 Å². The smallest absolute Gasteiger partial charge is 0.263 e. The average Bonchev–Trinajstić information content (AvgIpc) is 2.93. The van der Waals surface area contributed by atoms with E-state index in [1.807, 2.05) is 0 Å². The highest BCUT2D eigenvalue weighted by Gasteiger charge is 2.21. The van der Waals surface area contributed by atoms with Crippen molar-refractivity contribution in [2.45, 2.75) is 4.90 Å². The third-order valence-corrected chi connectivity index (χ3v) is 7.24. The number of fused-ring (bicyclic) bond motifs is 1. The number of nitrogens with zero attached hydrogens (tertiary/aromatic N) is 3. The molecular weight excluding hydrogens is 556 g/mol. The quantitative estimate of drug-likeness (QED) is 0.183. The van der Waals surface area contributed by atoms with E-state index in [0.717, 1.165) is 0 Å². The van der Waals surface area contributed by atoms with Gasteiger partial charge in [-0.05, 0) is 42.5 Å². The summed E-state index contributed by atoms with van der Waals surface area (Å²) in [6.45, 7) is 0. The van der Waals surface area contributed by atoms with E-state index < -0.39 is 15.9 Å². The number of amides is 1. The van der Waals surface area contributed by atoms with Crippen LogP contribution in [0.3, 0.4) is 0 Å². The Morgan fingerprint density at radius 1 is 0.900 bits per heavy atom. The first-order valence-electron chi connectivity index (χ1n) is 11.7. The normalized spacial score (nSPS) is 11.2. The molecule has 0 aliphatic heterocycles. The van der Waals surface area contributed by atoms with Gasteiger partial charge in [-0.25, -0.2) is 23.4 Å². The summed E-state index contributed by atoms with van der Waals surface area (Å²) in [5.74, 6) is -0.230. The van der Waals surface area contributed by atoms with E-state index in [9.17, 15) is 18.3 Å². The van der Waals surface area contributed by atoms with E-state index in [4.69, 9.17) is 16.3 Å². The number of carbonyl (C=O) groups is 1. The number of hydrogen-bond acceptors (Lipinski definition) is 9. The Morgan fingerprint density at radius 3 is 2.38 bits per heavy atom. The van der Waals surface area contributed by atoms with Gasteiger partial charge in [0.25, 0.3) is 15.9 Å². The summed E-state index contributed by atoms with van der Waals surface area (Å²) >= 11 is 6.00. The van der Waals surface area contributed by atoms with Gasteiger partial charge in [-0.15, -0.1) is 0 Å². The molecule has 0 fully saturated rings. The number of hydrogen-bond donors (Lipinski definition) is 4. The molecule has 2 heterocycles. The zero-order chi connectivity index (χ0) is 28.3. The van der Waals surface area contributed by atoms with Gasteiger partial charge >= 0.3 is 0 Å². The number of phenolic OH excluding ortho intramolecular Hbond substituents is 1. The van der Waals surface area contributed by atoms with Crippen LogP contribution in [0.5, 0.6) is 11.5 Å². The molecule has 3 aromatic carbocycles. The van der Waals surface area contributed by atoms with Crippen LogP contribution < -0.4 is 20.1 Å². The number of sulfonamides is 1. The number of benzene rings is 3. The number of halogens is 1. The summed E-state index contributed by atoms with van der Waals surface area (Å²) in [6, 6.07) is 20.2. The van der Waals surface area contributed by atoms with Crippen LogP contribution in [0.15, 0.2) is 90.0 Å². The molecule has 13 heteroatoms. The zero-order valence-electron chi connectivity index (χ0n) is 20.8. The monoisotopic (exact) mass is 576 g/mol. The number of rotatable bonds is 8. The minimum atomic E-state index is -4.21. The van der Waals surface area contributed by atoms with Crippen LogP contribution >= 0.6 is 11.6 Å². The van der Waals surface area contributed by atoms with Crippen LogP contribution in [-0.2, 0) is 10.0 Å². The SMILES string of the molecule is COc1cc(O)cc(Nc2nc3ccccc3nc2NS(=O)(=O)c2cccc(NC(=O)c3cccnc3Cl)c2)c1. The number of anilines is 4. The summed E-state index contributed by atoms with van der Waals surface area (Å²) in [7, 11) is -2.75. The summed E-state index contributed by atoms with van der Waals surface area (Å²) in [4.78, 5) is 25.4. The fraction of sp³-hybridized carbons (Fsp3) is 0.0370. The van der Waals surface area contributed by atoms with Crippen LogP contribution in [0.25, 0.3) is 11.0 Å². The van der Waals surface area contributed by atoms with Gasteiger partial charge in [-0.1, -0.05) is 29.8 Å². The van der Waals surface area contributed by atoms with Crippen molar-refractivity contribution in [3.63, 3.8) is 0 Å². The Kier molecular flexibility index (Phi) is 7.36. The number of aromatic hydroxyl groups is 1. The second-order valence-corrected chi connectivity index (χ2v) is 10.4. The molecule has 0 bridgehead atoms. The number of para-hydroxylation sites is 2. The van der Waals surface area contributed by atoms with Crippen molar-refractivity contribution in [3.8, 4) is 11.5 Å². The minimum absolute atomic E-state index is 0.0182. The molecule has 0 aliphatic rings. The lowest BCUT2D eigenvalue weighted by atomic mass is 10.2. The second kappa shape index (κ2) is 11.0. The molecule has 0 radical (unpaired) electrons. The molecule has 0 aliphatic carbocycles. The van der Waals surface area contributed by atoms with Crippen LogP contribution in [0.1, 0.15) is 10.4 Å². The molecule has 1 amide bonds. The molecule has 0 saturated heterocycles. The van der Waals surface area contributed by atoms with Crippen molar-refractivity contribution in [3.05, 3.63) is 95.8 Å². The van der Waals surface area contributed by atoms with Crippen molar-refractivity contribution in [2.24, 2.45) is 0 Å². The van der Waals surface area contributed by atoms with Crippen LogP contribution in [0.2, 0.25) is 5.15 Å². The lowest BCUT2D eigenvalue weighted by Gasteiger charge is -2.15. The van der Waals surface area contributed by atoms with Crippen molar-refractivity contribution in [1.82, 2.24) is 15.0 Å². The molecule has 5 aromatic rings. The first-order valence-corrected chi connectivity index (χ1v) is 13.5. The Hall–Kier alpha value is -4.94. The van der Waals surface area contributed by atoms with E-state index in [1.54, 1.807) is 42.5 Å². The number of pyridine rings is 1. The van der Waals surface area contributed by atoms with Gasteiger partial charge in [-0.2, -0.15) is 0 Å². The molecule has 0 atom stereocenters. The predicted molar refractivity (Wildman–Crippen MR) is 152 cm³/mol. The summed E-state index contributed by atoms with van der Waals surface area (Å²) in [5.41, 5.74) is 1.72. The van der Waals surface area contributed by atoms with E-state index in [0.29, 0.717) is 22.5 Å². The lowest BCUT2D eigenvalue weighted by molar-refractivity contribution is 0.102. The molecule has 11 nitrogen and oxygen atoms in total. The van der Waals surface area contributed by atoms with Gasteiger partial charge in [0.2, 0.25) is 0 Å². The fourth-order valence-corrected chi connectivity index (χ4v) is 5.01. The van der Waals surface area contributed by atoms with E-state index in [1.165, 1.54) is 49.7 Å². The third-order valence-electron chi connectivity index (χ3n) is 5.60. The van der Waals surface area contributed by atoms with Crippen LogP contribution in [0, 0.1) is 0 Å². The molecule has 4 N–H and O–H groups in total. The van der Waals surface area contributed by atoms with Gasteiger partial charge in [0.1, 0.15) is 16.7 Å². The highest BCUT2D eigenvalue weighted by molar-refractivity contribution is 7.92. The molecule has 0 saturated carbocycles. The Morgan fingerprint density at radius 2 is 1.65 bits per heavy atom. The third kappa shape index (κ3) is 5.87. The fourth-order valence-electron chi connectivity index (χ4n) is 3.75. The molecule has 5 rings (SSSR count). The van der Waals surface area contributed by atoms with Crippen molar-refractivity contribution < 1.29 is 23.1 Å². The van der Waals surface area contributed by atoms with Gasteiger partial charge in [-0.3, -0.25) is 9.52 Å². The Bertz CT molecular complexity index is 1850. The second-order valence-electron chi connectivity index (χ2n) is 8.38. The zero-order valence-corrected chi connectivity index (χ0v) is 22.4. The van der Waals surface area contributed by atoms with Gasteiger partial charge in [0, 0.05) is 35.8 Å². The maximum atomic E-state index is 13.4. The van der Waals surface area contributed by atoms with E-state index in [2.05, 4.69) is 30.3 Å². The average molecular weight is 577 g/mol. The molecule has 2 aromatic heterocycles. The number of carbonyl (C=O) groups excluding carboxylic acids is 1. The molecular formula is C27H21ClN6O5S. The van der Waals surface area contributed by atoms with Gasteiger partial charge < -0.3 is 20.5 Å². The number of aromatic nitrogens is 3. The number of phenols is 1. The molecule has 0 spiro atoms. The molecule has 40 heavy (non-hydrogen) atoms. The first-order chi connectivity index (χ1) is 19.2. The summed E-state index contributed by atoms with van der Waals surface area (Å²) in [6.07, 6.45) is 1.45. The lowest BCUT2D eigenvalue weighted by Crippen LogP contribution is -2.17. The van der Waals surface area contributed by atoms with Crippen molar-refractivity contribution >= 4 is 61.6 Å². The maximum absolute atomic E-state index is 13.4. The number of ether oxygens (including phenoxy) is 1. The van der Waals surface area contributed by atoms with Gasteiger partial charge in [0.15, 0.2) is 11.6 Å². The van der Waals surface area contributed by atoms with Crippen molar-refractivity contribution in [1.29, 1.82) is 0 Å². The first kappa shape index (κ1) is 26.7. The largest absolute Gasteiger partial charge is 0.508 e. The van der Waals surface area contributed by atoms with Crippen molar-refractivity contribution in [2.75, 3.05) is 22.5 Å². The number of nitrogens with one attached hydrogen (secondary N) is 3. The van der Waals surface area contributed by atoms with Crippen LogP contribution in [-0.4, -0.2) is 41.5 Å².